The second-order valence-corrected chi connectivity index (χ2v) is 5.35. The van der Waals surface area contributed by atoms with E-state index in [1.807, 2.05) is 24.3 Å². The van der Waals surface area contributed by atoms with E-state index >= 15 is 0 Å². The lowest BCUT2D eigenvalue weighted by molar-refractivity contribution is 0.605. The zero-order chi connectivity index (χ0) is 14.4. The average Bonchev–Trinajstić information content (AvgIpc) is 2.39. The molecule has 0 saturated heterocycles. The first-order valence-electron chi connectivity index (χ1n) is 6.59. The van der Waals surface area contributed by atoms with E-state index in [1.165, 1.54) is 0 Å². The Morgan fingerprint density at radius 3 is 2.90 bits per heavy atom. The molecule has 106 valence electrons. The highest BCUT2D eigenvalue weighted by atomic mass is 35.5. The second-order valence-electron chi connectivity index (χ2n) is 4.91. The van der Waals surface area contributed by atoms with Gasteiger partial charge in [-0.1, -0.05) is 31.5 Å². The van der Waals surface area contributed by atoms with Crippen LogP contribution >= 0.6 is 11.6 Å². The van der Waals surface area contributed by atoms with E-state index in [1.54, 1.807) is 6.20 Å². The molecule has 0 saturated carbocycles. The van der Waals surface area contributed by atoms with Crippen LogP contribution in [0.5, 0.6) is 0 Å². The third-order valence-electron chi connectivity index (χ3n) is 2.66. The summed E-state index contributed by atoms with van der Waals surface area (Å²) in [6, 6.07) is 7.44. The van der Waals surface area contributed by atoms with Gasteiger partial charge in [-0.15, -0.1) is 5.10 Å². The summed E-state index contributed by atoms with van der Waals surface area (Å²) in [5, 5.41) is 14.9. The molecule has 1 aromatic heterocycles. The van der Waals surface area contributed by atoms with Crippen LogP contribution in [0, 0.1) is 5.92 Å². The van der Waals surface area contributed by atoms with Crippen molar-refractivity contribution in [1.29, 1.82) is 0 Å². The molecule has 0 radical (unpaired) electrons. The summed E-state index contributed by atoms with van der Waals surface area (Å²) in [7, 11) is 0. The minimum absolute atomic E-state index is 0.526. The highest BCUT2D eigenvalue weighted by molar-refractivity contribution is 6.30. The highest BCUT2D eigenvalue weighted by Gasteiger charge is 2.02. The van der Waals surface area contributed by atoms with Crippen LogP contribution in [0.2, 0.25) is 5.02 Å². The molecule has 0 amide bonds. The third kappa shape index (κ3) is 4.66. The second kappa shape index (κ2) is 7.05. The molecule has 20 heavy (non-hydrogen) atoms. The van der Waals surface area contributed by atoms with Gasteiger partial charge in [0.15, 0.2) is 5.82 Å². The fourth-order valence-corrected chi connectivity index (χ4v) is 1.82. The fraction of sp³-hybridized carbons (Fsp3) is 0.357. The summed E-state index contributed by atoms with van der Waals surface area (Å²) in [5.74, 6) is 1.80. The van der Waals surface area contributed by atoms with Crippen molar-refractivity contribution in [3.05, 3.63) is 35.5 Å². The van der Waals surface area contributed by atoms with Crippen molar-refractivity contribution < 1.29 is 0 Å². The normalized spacial score (nSPS) is 10.6. The third-order valence-corrected chi connectivity index (χ3v) is 2.90. The Hall–Kier alpha value is -1.88. The van der Waals surface area contributed by atoms with Gasteiger partial charge in [-0.2, -0.15) is 10.1 Å². The first-order chi connectivity index (χ1) is 9.63. The number of hydrogen-bond donors (Lipinski definition) is 2. The standard InChI is InChI=1S/C14H18ClN5/c1-10(2)6-7-16-14-19-13(9-17-20-14)18-12-5-3-4-11(15)8-12/h3-5,8-10H,6-7H2,1-2H3,(H2,16,18,19,20). The summed E-state index contributed by atoms with van der Waals surface area (Å²) in [4.78, 5) is 4.36. The quantitative estimate of drug-likeness (QED) is 0.849. The van der Waals surface area contributed by atoms with Crippen molar-refractivity contribution in [3.63, 3.8) is 0 Å². The lowest BCUT2D eigenvalue weighted by Crippen LogP contribution is -2.09. The van der Waals surface area contributed by atoms with Crippen LogP contribution in [0.1, 0.15) is 20.3 Å². The zero-order valence-electron chi connectivity index (χ0n) is 11.6. The molecule has 2 aromatic rings. The molecule has 0 aliphatic carbocycles. The molecule has 6 heteroatoms. The number of hydrogen-bond acceptors (Lipinski definition) is 5. The van der Waals surface area contributed by atoms with Gasteiger partial charge in [0.25, 0.3) is 0 Å². The Balaban J connectivity index is 1.99. The van der Waals surface area contributed by atoms with Crippen LogP contribution in [0.4, 0.5) is 17.5 Å². The lowest BCUT2D eigenvalue weighted by Gasteiger charge is -2.08. The SMILES string of the molecule is CC(C)CCNc1nncc(Nc2cccc(Cl)c2)n1. The summed E-state index contributed by atoms with van der Waals surface area (Å²) < 4.78 is 0. The first kappa shape index (κ1) is 14.5. The number of nitrogens with zero attached hydrogens (tertiary/aromatic N) is 3. The number of halogens is 1. The van der Waals surface area contributed by atoms with E-state index in [0.717, 1.165) is 18.7 Å². The largest absolute Gasteiger partial charge is 0.353 e. The Bertz CT molecular complexity index is 559. The van der Waals surface area contributed by atoms with Crippen LogP contribution in [0.25, 0.3) is 0 Å². The van der Waals surface area contributed by atoms with Crippen molar-refractivity contribution >= 4 is 29.1 Å². The van der Waals surface area contributed by atoms with Gasteiger partial charge in [0.2, 0.25) is 5.95 Å². The van der Waals surface area contributed by atoms with E-state index < -0.39 is 0 Å². The maximum absolute atomic E-state index is 5.94. The molecule has 1 aromatic carbocycles. The number of aromatic nitrogens is 3. The van der Waals surface area contributed by atoms with Crippen LogP contribution < -0.4 is 10.6 Å². The van der Waals surface area contributed by atoms with Crippen molar-refractivity contribution in [2.75, 3.05) is 17.2 Å². The van der Waals surface area contributed by atoms with Crippen molar-refractivity contribution in [1.82, 2.24) is 15.2 Å². The predicted molar refractivity (Wildman–Crippen MR) is 82.5 cm³/mol. The number of rotatable bonds is 6. The molecule has 0 bridgehead atoms. The molecular weight excluding hydrogens is 274 g/mol. The summed E-state index contributed by atoms with van der Waals surface area (Å²) in [6.45, 7) is 5.19. The summed E-state index contributed by atoms with van der Waals surface area (Å²) in [5.41, 5.74) is 0.867. The van der Waals surface area contributed by atoms with Gasteiger partial charge in [0, 0.05) is 17.3 Å². The van der Waals surface area contributed by atoms with Gasteiger partial charge in [-0.05, 0) is 30.5 Å². The summed E-state index contributed by atoms with van der Waals surface area (Å²) >= 11 is 5.94. The van der Waals surface area contributed by atoms with Crippen LogP contribution in [-0.4, -0.2) is 21.7 Å². The molecule has 0 atom stereocenters. The smallest absolute Gasteiger partial charge is 0.244 e. The Labute approximate surface area is 123 Å². The minimum atomic E-state index is 0.526. The van der Waals surface area contributed by atoms with Gasteiger partial charge < -0.3 is 10.6 Å². The van der Waals surface area contributed by atoms with Gasteiger partial charge in [0.1, 0.15) is 0 Å². The summed E-state index contributed by atoms with van der Waals surface area (Å²) in [6.07, 6.45) is 2.64. The number of benzene rings is 1. The maximum Gasteiger partial charge on any atom is 0.244 e. The molecule has 0 spiro atoms. The van der Waals surface area contributed by atoms with Gasteiger partial charge in [0.05, 0.1) is 6.20 Å². The zero-order valence-corrected chi connectivity index (χ0v) is 12.4. The monoisotopic (exact) mass is 291 g/mol. The van der Waals surface area contributed by atoms with Crippen molar-refractivity contribution in [2.24, 2.45) is 5.92 Å². The van der Waals surface area contributed by atoms with E-state index in [2.05, 4.69) is 39.7 Å². The van der Waals surface area contributed by atoms with Gasteiger partial charge in [-0.25, -0.2) is 0 Å². The Morgan fingerprint density at radius 2 is 2.15 bits per heavy atom. The van der Waals surface area contributed by atoms with Gasteiger partial charge >= 0.3 is 0 Å². The highest BCUT2D eigenvalue weighted by Crippen LogP contribution is 2.18. The predicted octanol–water partition coefficient (Wildman–Crippen LogP) is 3.73. The molecule has 0 unspecified atom stereocenters. The van der Waals surface area contributed by atoms with Crippen molar-refractivity contribution in [2.45, 2.75) is 20.3 Å². The number of anilines is 3. The van der Waals surface area contributed by atoms with Gasteiger partial charge in [-0.3, -0.25) is 0 Å². The van der Waals surface area contributed by atoms with Crippen molar-refractivity contribution in [3.8, 4) is 0 Å². The van der Waals surface area contributed by atoms with Crippen LogP contribution in [0.3, 0.4) is 0 Å². The molecule has 0 fully saturated rings. The average molecular weight is 292 g/mol. The molecule has 5 nitrogen and oxygen atoms in total. The number of nitrogens with one attached hydrogen (secondary N) is 2. The van der Waals surface area contributed by atoms with E-state index in [9.17, 15) is 0 Å². The molecule has 2 rings (SSSR count). The van der Waals surface area contributed by atoms with Crippen LogP contribution in [0.15, 0.2) is 30.5 Å². The topological polar surface area (TPSA) is 62.7 Å². The van der Waals surface area contributed by atoms with E-state index in [-0.39, 0.29) is 0 Å². The van der Waals surface area contributed by atoms with E-state index in [0.29, 0.717) is 22.7 Å². The minimum Gasteiger partial charge on any atom is -0.353 e. The molecule has 1 heterocycles. The Morgan fingerprint density at radius 1 is 1.30 bits per heavy atom. The maximum atomic E-state index is 5.94. The fourth-order valence-electron chi connectivity index (χ4n) is 1.63. The molecule has 0 aliphatic heterocycles. The molecule has 0 aliphatic rings. The Kier molecular flexibility index (Phi) is 5.12. The lowest BCUT2D eigenvalue weighted by atomic mass is 10.1. The first-order valence-corrected chi connectivity index (χ1v) is 6.97. The molecular formula is C14H18ClN5. The molecule has 2 N–H and O–H groups in total. The van der Waals surface area contributed by atoms with E-state index in [4.69, 9.17) is 11.6 Å². The van der Waals surface area contributed by atoms with Crippen LogP contribution in [-0.2, 0) is 0 Å².